The first kappa shape index (κ1) is 14.1. The minimum atomic E-state index is -1.04. The fourth-order valence-electron chi connectivity index (χ4n) is 1.57. The molecule has 2 rings (SSSR count). The van der Waals surface area contributed by atoms with Crippen LogP contribution < -0.4 is 10.6 Å². The Morgan fingerprint density at radius 2 is 1.40 bits per heavy atom. The number of phenolic OH excluding ortho intramolecular Hbond substituents is 1. The van der Waals surface area contributed by atoms with Crippen molar-refractivity contribution in [3.05, 3.63) is 48.5 Å². The average molecular weight is 290 g/mol. The highest BCUT2D eigenvalue weighted by atomic mass is 32.2. The van der Waals surface area contributed by atoms with Crippen molar-refractivity contribution in [3.8, 4) is 5.75 Å². The van der Waals surface area contributed by atoms with Gasteiger partial charge in [0.05, 0.1) is 0 Å². The van der Waals surface area contributed by atoms with Gasteiger partial charge >= 0.3 is 6.03 Å². The predicted octanol–water partition coefficient (Wildman–Crippen LogP) is 2.77. The van der Waals surface area contributed by atoms with E-state index >= 15 is 0 Å². The number of urea groups is 1. The molecule has 1 atom stereocenters. The van der Waals surface area contributed by atoms with Crippen LogP contribution in [0.2, 0.25) is 0 Å². The Balaban J connectivity index is 1.97. The van der Waals surface area contributed by atoms with E-state index < -0.39 is 10.8 Å². The maximum Gasteiger partial charge on any atom is 0.323 e. The Morgan fingerprint density at radius 3 is 1.85 bits per heavy atom. The largest absolute Gasteiger partial charge is 0.508 e. The molecule has 2 aromatic rings. The Hall–Kier alpha value is -2.34. The fraction of sp³-hybridized carbons (Fsp3) is 0.0714. The highest BCUT2D eigenvalue weighted by Crippen LogP contribution is 2.15. The van der Waals surface area contributed by atoms with Gasteiger partial charge in [0, 0.05) is 33.3 Å². The Kier molecular flexibility index (Phi) is 4.37. The molecule has 6 heteroatoms. The summed E-state index contributed by atoms with van der Waals surface area (Å²) in [6.07, 6.45) is 1.60. The first-order chi connectivity index (χ1) is 9.54. The number of rotatable bonds is 3. The minimum Gasteiger partial charge on any atom is -0.508 e. The first-order valence-electron chi connectivity index (χ1n) is 5.85. The second-order valence-electron chi connectivity index (χ2n) is 4.10. The molecule has 2 aromatic carbocycles. The van der Waals surface area contributed by atoms with Crippen LogP contribution in [0, 0.1) is 0 Å². The molecular weight excluding hydrogens is 276 g/mol. The van der Waals surface area contributed by atoms with Crippen molar-refractivity contribution in [1.82, 2.24) is 0 Å². The molecule has 0 fully saturated rings. The van der Waals surface area contributed by atoms with Crippen LogP contribution in [0.5, 0.6) is 5.75 Å². The SMILES string of the molecule is CS(=O)c1ccc(NC(=O)Nc2ccc(O)cc2)cc1. The standard InChI is InChI=1S/C14H14N2O3S/c1-20(19)13-8-4-11(5-9-13)16-14(18)15-10-2-6-12(17)7-3-10/h2-9,17H,1H3,(H2,15,16,18). The predicted molar refractivity (Wildman–Crippen MR) is 79.5 cm³/mol. The number of phenols is 1. The summed E-state index contributed by atoms with van der Waals surface area (Å²) in [5, 5.41) is 14.4. The average Bonchev–Trinajstić information content (AvgIpc) is 2.42. The number of benzene rings is 2. The molecule has 0 heterocycles. The Morgan fingerprint density at radius 1 is 0.950 bits per heavy atom. The number of aromatic hydroxyl groups is 1. The van der Waals surface area contributed by atoms with Gasteiger partial charge < -0.3 is 15.7 Å². The van der Waals surface area contributed by atoms with E-state index in [0.29, 0.717) is 16.3 Å². The third-order valence-electron chi connectivity index (χ3n) is 2.57. The zero-order chi connectivity index (χ0) is 14.5. The van der Waals surface area contributed by atoms with Gasteiger partial charge in [0.1, 0.15) is 5.75 Å². The number of hydrogen-bond acceptors (Lipinski definition) is 3. The summed E-state index contributed by atoms with van der Waals surface area (Å²) in [7, 11) is -1.04. The van der Waals surface area contributed by atoms with Gasteiger partial charge in [0.2, 0.25) is 0 Å². The molecule has 0 aliphatic rings. The third-order valence-corrected chi connectivity index (χ3v) is 3.51. The van der Waals surface area contributed by atoms with Crippen LogP contribution >= 0.6 is 0 Å². The van der Waals surface area contributed by atoms with E-state index in [2.05, 4.69) is 10.6 Å². The summed E-state index contributed by atoms with van der Waals surface area (Å²) >= 11 is 0. The molecular formula is C14H14N2O3S. The quantitative estimate of drug-likeness (QED) is 0.761. The molecule has 0 saturated carbocycles. The Bertz CT molecular complexity index is 624. The molecule has 0 spiro atoms. The molecule has 0 aliphatic heterocycles. The number of nitrogens with one attached hydrogen (secondary N) is 2. The molecule has 3 N–H and O–H groups in total. The van der Waals surface area contributed by atoms with Gasteiger partial charge in [-0.2, -0.15) is 0 Å². The lowest BCUT2D eigenvalue weighted by Gasteiger charge is -2.08. The van der Waals surface area contributed by atoms with Crippen LogP contribution in [0.3, 0.4) is 0 Å². The second kappa shape index (κ2) is 6.21. The number of amides is 2. The fourth-order valence-corrected chi connectivity index (χ4v) is 2.09. The normalized spacial score (nSPS) is 11.7. The monoisotopic (exact) mass is 290 g/mol. The minimum absolute atomic E-state index is 0.138. The number of carbonyl (C=O) groups excluding carboxylic acids is 1. The highest BCUT2D eigenvalue weighted by Gasteiger charge is 2.03. The van der Waals surface area contributed by atoms with E-state index in [0.717, 1.165) is 0 Å². The maximum absolute atomic E-state index is 11.7. The van der Waals surface area contributed by atoms with Crippen molar-refractivity contribution in [3.63, 3.8) is 0 Å². The Labute approximate surface area is 119 Å². The van der Waals surface area contributed by atoms with Crippen LogP contribution in [0.15, 0.2) is 53.4 Å². The molecule has 0 radical (unpaired) electrons. The van der Waals surface area contributed by atoms with Gasteiger partial charge in [-0.1, -0.05) is 0 Å². The van der Waals surface area contributed by atoms with E-state index in [1.807, 2.05) is 0 Å². The lowest BCUT2D eigenvalue weighted by atomic mass is 10.3. The molecule has 104 valence electrons. The zero-order valence-electron chi connectivity index (χ0n) is 10.8. The zero-order valence-corrected chi connectivity index (χ0v) is 11.6. The molecule has 0 saturated heterocycles. The van der Waals surface area contributed by atoms with Crippen molar-refractivity contribution in [2.24, 2.45) is 0 Å². The van der Waals surface area contributed by atoms with Gasteiger partial charge in [-0.25, -0.2) is 4.79 Å². The second-order valence-corrected chi connectivity index (χ2v) is 5.48. The van der Waals surface area contributed by atoms with E-state index in [-0.39, 0.29) is 11.8 Å². The van der Waals surface area contributed by atoms with E-state index in [1.165, 1.54) is 12.1 Å². The van der Waals surface area contributed by atoms with Gasteiger partial charge in [-0.15, -0.1) is 0 Å². The van der Waals surface area contributed by atoms with Gasteiger partial charge in [-0.3, -0.25) is 4.21 Å². The highest BCUT2D eigenvalue weighted by molar-refractivity contribution is 7.84. The summed E-state index contributed by atoms with van der Waals surface area (Å²) in [4.78, 5) is 12.4. The van der Waals surface area contributed by atoms with Crippen LogP contribution in [0.4, 0.5) is 16.2 Å². The van der Waals surface area contributed by atoms with Gasteiger partial charge in [-0.05, 0) is 48.5 Å². The van der Waals surface area contributed by atoms with E-state index in [1.54, 1.807) is 42.7 Å². The smallest absolute Gasteiger partial charge is 0.323 e. The summed E-state index contributed by atoms with van der Waals surface area (Å²) in [5.41, 5.74) is 1.18. The molecule has 0 bridgehead atoms. The number of carbonyl (C=O) groups is 1. The van der Waals surface area contributed by atoms with Crippen LogP contribution in [0.25, 0.3) is 0 Å². The van der Waals surface area contributed by atoms with Crippen molar-refractivity contribution in [2.45, 2.75) is 4.90 Å². The van der Waals surface area contributed by atoms with Crippen molar-refractivity contribution < 1.29 is 14.1 Å². The lowest BCUT2D eigenvalue weighted by Crippen LogP contribution is -2.19. The first-order valence-corrected chi connectivity index (χ1v) is 7.41. The molecule has 0 aliphatic carbocycles. The van der Waals surface area contributed by atoms with Crippen LogP contribution in [0.1, 0.15) is 0 Å². The molecule has 2 amide bonds. The lowest BCUT2D eigenvalue weighted by molar-refractivity contribution is 0.262. The van der Waals surface area contributed by atoms with Crippen molar-refractivity contribution >= 4 is 28.2 Å². The van der Waals surface area contributed by atoms with Gasteiger partial charge in [0.25, 0.3) is 0 Å². The van der Waals surface area contributed by atoms with Crippen LogP contribution in [-0.4, -0.2) is 21.6 Å². The summed E-state index contributed by atoms with van der Waals surface area (Å²) < 4.78 is 11.2. The molecule has 5 nitrogen and oxygen atoms in total. The van der Waals surface area contributed by atoms with Crippen LogP contribution in [-0.2, 0) is 10.8 Å². The summed E-state index contributed by atoms with van der Waals surface area (Å²) in [6.45, 7) is 0. The topological polar surface area (TPSA) is 78.4 Å². The molecule has 0 aromatic heterocycles. The van der Waals surface area contributed by atoms with Crippen molar-refractivity contribution in [2.75, 3.05) is 16.9 Å². The third kappa shape index (κ3) is 3.83. The molecule has 20 heavy (non-hydrogen) atoms. The van der Waals surface area contributed by atoms with Gasteiger partial charge in [0.15, 0.2) is 0 Å². The summed E-state index contributed by atoms with van der Waals surface area (Å²) in [6, 6.07) is 12.6. The van der Waals surface area contributed by atoms with Crippen molar-refractivity contribution in [1.29, 1.82) is 0 Å². The van der Waals surface area contributed by atoms with E-state index in [9.17, 15) is 9.00 Å². The number of hydrogen-bond donors (Lipinski definition) is 3. The van der Waals surface area contributed by atoms with E-state index in [4.69, 9.17) is 5.11 Å². The molecule has 1 unspecified atom stereocenters. The summed E-state index contributed by atoms with van der Waals surface area (Å²) in [5.74, 6) is 0.138. The maximum atomic E-state index is 11.7. The number of anilines is 2.